The summed E-state index contributed by atoms with van der Waals surface area (Å²) in [6, 6.07) is 27.1. The molecule has 3 rings (SSSR count). The van der Waals surface area contributed by atoms with E-state index in [1.807, 2.05) is 60.7 Å². The first-order valence-electron chi connectivity index (χ1n) is 13.3. The van der Waals surface area contributed by atoms with E-state index in [0.717, 1.165) is 11.1 Å². The summed E-state index contributed by atoms with van der Waals surface area (Å²) in [5.74, 6) is -5.34. The van der Waals surface area contributed by atoms with Gasteiger partial charge in [0.1, 0.15) is 18.9 Å². The molecule has 0 aliphatic carbocycles. The van der Waals surface area contributed by atoms with Crippen molar-refractivity contribution in [1.29, 1.82) is 0 Å². The van der Waals surface area contributed by atoms with Gasteiger partial charge in [-0.25, -0.2) is 18.9 Å². The highest BCUT2D eigenvalue weighted by molar-refractivity contribution is 5.90. The van der Waals surface area contributed by atoms with Crippen molar-refractivity contribution >= 4 is 18.0 Å². The van der Waals surface area contributed by atoms with Gasteiger partial charge in [0.05, 0.1) is 6.42 Å². The van der Waals surface area contributed by atoms with Crippen LogP contribution in [0.1, 0.15) is 43.9 Å². The third-order valence-corrected chi connectivity index (χ3v) is 6.00. The Labute approximate surface area is 240 Å². The number of alkyl halides is 1. The second kappa shape index (κ2) is 14.4. The highest BCUT2D eigenvalue weighted by Crippen LogP contribution is 2.29. The molecular weight excluding hydrogens is 527 g/mol. The van der Waals surface area contributed by atoms with Crippen molar-refractivity contribution in [3.63, 3.8) is 0 Å². The number of benzene rings is 3. The first-order valence-corrected chi connectivity index (χ1v) is 13.3. The molecule has 0 aromatic heterocycles. The van der Waals surface area contributed by atoms with Gasteiger partial charge in [-0.05, 0) is 37.5 Å². The predicted octanol–water partition coefficient (Wildman–Crippen LogP) is 5.86. The maximum absolute atomic E-state index is 17.1. The first kappa shape index (κ1) is 31.3. The Bertz CT molecular complexity index is 1230. The summed E-state index contributed by atoms with van der Waals surface area (Å²) in [5.41, 5.74) is 1.23. The highest BCUT2D eigenvalue weighted by Gasteiger charge is 2.52. The zero-order valence-corrected chi connectivity index (χ0v) is 23.9. The third kappa shape index (κ3) is 9.42. The van der Waals surface area contributed by atoms with Crippen LogP contribution in [0.5, 0.6) is 0 Å². The molecule has 0 saturated heterocycles. The molecule has 0 aliphatic heterocycles. The molecule has 0 heterocycles. The normalized spacial score (nSPS) is 12.6. The lowest BCUT2D eigenvalue weighted by molar-refractivity contribution is -0.183. The molecule has 0 saturated carbocycles. The van der Waals surface area contributed by atoms with Gasteiger partial charge in [-0.15, -0.1) is 0 Å². The second-order valence-electron chi connectivity index (χ2n) is 10.5. The Morgan fingerprint density at radius 1 is 0.756 bits per heavy atom. The Balaban J connectivity index is 1.96. The van der Waals surface area contributed by atoms with Crippen LogP contribution in [0.4, 0.5) is 9.18 Å². The zero-order chi connectivity index (χ0) is 29.9. The quantitative estimate of drug-likeness (QED) is 0.156. The predicted molar refractivity (Wildman–Crippen MR) is 152 cm³/mol. The lowest BCUT2D eigenvalue weighted by atomic mass is 10.1. The van der Waals surface area contributed by atoms with Gasteiger partial charge in [-0.1, -0.05) is 91.0 Å². The van der Waals surface area contributed by atoms with Crippen LogP contribution in [-0.4, -0.2) is 53.0 Å². The minimum Gasteiger partial charge on any atom is -0.457 e. The van der Waals surface area contributed by atoms with Crippen molar-refractivity contribution in [2.24, 2.45) is 0 Å². The van der Waals surface area contributed by atoms with Gasteiger partial charge < -0.3 is 19.1 Å². The van der Waals surface area contributed by atoms with Crippen LogP contribution >= 0.6 is 0 Å². The number of nitrogens with zero attached hydrogens (tertiary/aromatic N) is 2. The Hall–Kier alpha value is -4.24. The van der Waals surface area contributed by atoms with Crippen molar-refractivity contribution in [2.75, 3.05) is 13.8 Å². The lowest BCUT2D eigenvalue weighted by Crippen LogP contribution is -2.58. The molecule has 41 heavy (non-hydrogen) atoms. The topological polar surface area (TPSA) is 85.4 Å². The molecule has 218 valence electrons. The van der Waals surface area contributed by atoms with Gasteiger partial charge in [-0.2, -0.15) is 0 Å². The van der Waals surface area contributed by atoms with E-state index < -0.39 is 42.5 Å². The molecule has 0 radical (unpaired) electrons. The summed E-state index contributed by atoms with van der Waals surface area (Å²) >= 11 is 0. The number of ether oxygens (including phenoxy) is 3. The molecule has 0 bridgehead atoms. The summed E-state index contributed by atoms with van der Waals surface area (Å²) in [5, 5.41) is 0. The van der Waals surface area contributed by atoms with Gasteiger partial charge in [-0.3, -0.25) is 4.79 Å². The average Bonchev–Trinajstić information content (AvgIpc) is 2.94. The highest BCUT2D eigenvalue weighted by atomic mass is 19.1. The summed E-state index contributed by atoms with van der Waals surface area (Å²) in [6.07, 6.45) is -2.17. The molecular formula is C32H37FN2O6. The number of amides is 2. The van der Waals surface area contributed by atoms with E-state index in [1.54, 1.807) is 51.1 Å². The Morgan fingerprint density at radius 2 is 1.22 bits per heavy atom. The number of hydrogen-bond donors (Lipinski definition) is 0. The Morgan fingerprint density at radius 3 is 1.66 bits per heavy atom. The van der Waals surface area contributed by atoms with E-state index in [0.29, 0.717) is 10.5 Å². The number of carbonyl (C=O) groups is 3. The van der Waals surface area contributed by atoms with Crippen LogP contribution in [0.25, 0.3) is 0 Å². The van der Waals surface area contributed by atoms with Crippen molar-refractivity contribution < 1.29 is 33.0 Å². The number of carbonyl (C=O) groups excluding carboxylic acids is 3. The lowest BCUT2D eigenvalue weighted by Gasteiger charge is -2.36. The average molecular weight is 565 g/mol. The number of halogens is 1. The van der Waals surface area contributed by atoms with E-state index in [-0.39, 0.29) is 19.7 Å². The fourth-order valence-corrected chi connectivity index (χ4v) is 4.01. The smallest absolute Gasteiger partial charge is 0.415 e. The summed E-state index contributed by atoms with van der Waals surface area (Å²) in [7, 11) is 1.24. The molecule has 8 nitrogen and oxygen atoms in total. The molecule has 1 atom stereocenters. The number of methoxy groups -OCH3 is 1. The van der Waals surface area contributed by atoms with E-state index >= 15 is 4.39 Å². The van der Waals surface area contributed by atoms with Crippen LogP contribution in [-0.2, 0) is 43.5 Å². The molecule has 2 amide bonds. The number of rotatable bonds is 12. The van der Waals surface area contributed by atoms with Crippen molar-refractivity contribution in [3.8, 4) is 0 Å². The van der Waals surface area contributed by atoms with E-state index in [1.165, 1.54) is 12.0 Å². The van der Waals surface area contributed by atoms with Crippen molar-refractivity contribution in [2.45, 2.75) is 58.3 Å². The molecule has 0 unspecified atom stereocenters. The molecule has 3 aromatic rings. The van der Waals surface area contributed by atoms with E-state index in [9.17, 15) is 14.4 Å². The largest absolute Gasteiger partial charge is 0.457 e. The SMILES string of the molecule is COCN(C(=O)OC(C)(C)C)[C@@](F)(CC(=O)N(Cc1ccccc1)Cc1ccccc1)C(=O)OCc1ccccc1. The van der Waals surface area contributed by atoms with Gasteiger partial charge in [0.25, 0.3) is 5.79 Å². The van der Waals surface area contributed by atoms with E-state index in [4.69, 9.17) is 14.2 Å². The molecule has 9 heteroatoms. The second-order valence-corrected chi connectivity index (χ2v) is 10.5. The molecule has 0 fully saturated rings. The summed E-state index contributed by atoms with van der Waals surface area (Å²) < 4.78 is 32.9. The van der Waals surface area contributed by atoms with Crippen LogP contribution in [0.3, 0.4) is 0 Å². The van der Waals surface area contributed by atoms with Crippen molar-refractivity contribution in [1.82, 2.24) is 9.80 Å². The fraction of sp³-hybridized carbons (Fsp3) is 0.344. The summed E-state index contributed by atoms with van der Waals surface area (Å²) in [4.78, 5) is 42.3. The van der Waals surface area contributed by atoms with Crippen LogP contribution in [0.2, 0.25) is 0 Å². The monoisotopic (exact) mass is 564 g/mol. The molecule has 0 aliphatic rings. The molecule has 0 spiro atoms. The Kier molecular flexibility index (Phi) is 11.0. The maximum Gasteiger partial charge on any atom is 0.415 e. The van der Waals surface area contributed by atoms with E-state index in [2.05, 4.69) is 0 Å². The summed E-state index contributed by atoms with van der Waals surface area (Å²) in [6.45, 7) is 4.21. The fourth-order valence-electron chi connectivity index (χ4n) is 4.01. The number of hydrogen-bond acceptors (Lipinski definition) is 6. The first-order chi connectivity index (χ1) is 19.5. The zero-order valence-electron chi connectivity index (χ0n) is 23.9. The van der Waals surface area contributed by atoms with Crippen LogP contribution in [0, 0.1) is 0 Å². The number of esters is 1. The molecule has 0 N–H and O–H groups in total. The van der Waals surface area contributed by atoms with Crippen LogP contribution in [0.15, 0.2) is 91.0 Å². The van der Waals surface area contributed by atoms with Gasteiger partial charge in [0.2, 0.25) is 5.91 Å². The van der Waals surface area contributed by atoms with Crippen LogP contribution < -0.4 is 0 Å². The van der Waals surface area contributed by atoms with Gasteiger partial charge in [0.15, 0.2) is 0 Å². The minimum absolute atomic E-state index is 0.153. The minimum atomic E-state index is -3.23. The molecule has 3 aromatic carbocycles. The van der Waals surface area contributed by atoms with Gasteiger partial charge in [0, 0.05) is 20.2 Å². The standard InChI is InChI=1S/C32H37FN2O6/c1-31(2,3)41-30(38)35(24-39-4)32(33,29(37)40-23-27-18-12-7-13-19-27)20-28(36)34(21-25-14-8-5-9-15-25)22-26-16-10-6-11-17-26/h5-19H,20-24H2,1-4H3/t32-/m0/s1. The van der Waals surface area contributed by atoms with Gasteiger partial charge >= 0.3 is 12.1 Å². The van der Waals surface area contributed by atoms with Crippen molar-refractivity contribution in [3.05, 3.63) is 108 Å². The third-order valence-electron chi connectivity index (χ3n) is 6.00. The maximum atomic E-state index is 17.1.